The number of carbonyl (C=O) groups is 2. The molecule has 1 fully saturated rings. The Morgan fingerprint density at radius 3 is 2.73 bits per heavy atom. The average molecular weight is 394 g/mol. The van der Waals surface area contributed by atoms with Gasteiger partial charge < -0.3 is 5.32 Å². The molecule has 2 amide bonds. The highest BCUT2D eigenvalue weighted by Crippen LogP contribution is 2.32. The van der Waals surface area contributed by atoms with Crippen LogP contribution in [0.3, 0.4) is 0 Å². The number of rotatable bonds is 3. The van der Waals surface area contributed by atoms with Crippen molar-refractivity contribution in [3.8, 4) is 6.07 Å². The summed E-state index contributed by atoms with van der Waals surface area (Å²) in [5.41, 5.74) is 1.42. The second-order valence-corrected chi connectivity index (χ2v) is 9.85. The maximum atomic E-state index is 12.5. The van der Waals surface area contributed by atoms with Gasteiger partial charge in [-0.1, -0.05) is 0 Å². The van der Waals surface area contributed by atoms with Crippen molar-refractivity contribution in [2.24, 2.45) is 5.10 Å². The lowest BCUT2D eigenvalue weighted by atomic mass is 10.1. The molecule has 1 aromatic heterocycles. The minimum absolute atomic E-state index is 0.0256. The zero-order valence-corrected chi connectivity index (χ0v) is 16.0. The molecule has 138 valence electrons. The van der Waals surface area contributed by atoms with E-state index >= 15 is 0 Å². The highest BCUT2D eigenvalue weighted by atomic mass is 32.2. The number of anilines is 1. The number of hydrogen-bond acceptors (Lipinski definition) is 7. The normalized spacial score (nSPS) is 22.0. The van der Waals surface area contributed by atoms with E-state index in [1.807, 2.05) is 13.8 Å². The molecule has 0 spiro atoms. The Morgan fingerprint density at radius 2 is 2.12 bits per heavy atom. The van der Waals surface area contributed by atoms with Gasteiger partial charge in [0.2, 0.25) is 5.91 Å². The molecule has 0 bridgehead atoms. The standard InChI is InChI=1S/C16H18N4O4S2/c1-9-10(2)25-16(12(9)7-17)18-15(22)13-3-4-14(21)20(19-13)11-5-6-26(23,24)8-11/h11H,3-6,8H2,1-2H3,(H,18,22). The Bertz CT molecular complexity index is 956. The molecule has 1 saturated heterocycles. The molecule has 0 saturated carbocycles. The summed E-state index contributed by atoms with van der Waals surface area (Å²) in [5.74, 6) is -0.845. The van der Waals surface area contributed by atoms with Crippen molar-refractivity contribution < 1.29 is 18.0 Å². The molecule has 10 heteroatoms. The van der Waals surface area contributed by atoms with Gasteiger partial charge in [-0.2, -0.15) is 10.4 Å². The largest absolute Gasteiger partial charge is 0.311 e. The minimum Gasteiger partial charge on any atom is -0.311 e. The molecule has 0 radical (unpaired) electrons. The molecule has 1 N–H and O–H groups in total. The highest BCUT2D eigenvalue weighted by molar-refractivity contribution is 7.91. The van der Waals surface area contributed by atoms with Crippen LogP contribution in [-0.4, -0.2) is 48.5 Å². The van der Waals surface area contributed by atoms with Gasteiger partial charge in [0, 0.05) is 17.7 Å². The summed E-state index contributed by atoms with van der Waals surface area (Å²) in [4.78, 5) is 25.6. The third kappa shape index (κ3) is 3.50. The Morgan fingerprint density at radius 1 is 1.38 bits per heavy atom. The van der Waals surface area contributed by atoms with Crippen LogP contribution in [0.15, 0.2) is 5.10 Å². The maximum absolute atomic E-state index is 12.5. The van der Waals surface area contributed by atoms with Crippen molar-refractivity contribution in [1.29, 1.82) is 5.26 Å². The summed E-state index contributed by atoms with van der Waals surface area (Å²) < 4.78 is 23.3. The van der Waals surface area contributed by atoms with E-state index in [0.29, 0.717) is 17.0 Å². The fourth-order valence-corrected chi connectivity index (χ4v) is 5.71. The summed E-state index contributed by atoms with van der Waals surface area (Å²) in [5, 5.41) is 17.7. The average Bonchev–Trinajstić information content (AvgIpc) is 3.07. The predicted octanol–water partition coefficient (Wildman–Crippen LogP) is 1.34. The zero-order chi connectivity index (χ0) is 19.1. The lowest BCUT2D eigenvalue weighted by Crippen LogP contribution is -2.42. The van der Waals surface area contributed by atoms with E-state index in [1.165, 1.54) is 11.3 Å². The summed E-state index contributed by atoms with van der Waals surface area (Å²) in [6, 6.07) is 1.57. The van der Waals surface area contributed by atoms with E-state index in [1.54, 1.807) is 0 Å². The number of hydrazone groups is 1. The molecule has 2 aliphatic heterocycles. The molecule has 1 atom stereocenters. The number of hydrogen-bond donors (Lipinski definition) is 1. The second-order valence-electron chi connectivity index (χ2n) is 6.40. The molecule has 8 nitrogen and oxygen atoms in total. The molecular weight excluding hydrogens is 376 g/mol. The first-order valence-corrected chi connectivity index (χ1v) is 10.8. The van der Waals surface area contributed by atoms with E-state index in [2.05, 4.69) is 16.5 Å². The Labute approximate surface area is 155 Å². The summed E-state index contributed by atoms with van der Waals surface area (Å²) >= 11 is 1.31. The van der Waals surface area contributed by atoms with Crippen LogP contribution in [0, 0.1) is 25.2 Å². The molecule has 1 aromatic rings. The van der Waals surface area contributed by atoms with Crippen LogP contribution in [0.1, 0.15) is 35.3 Å². The van der Waals surface area contributed by atoms with Crippen molar-refractivity contribution in [2.45, 2.75) is 39.2 Å². The zero-order valence-electron chi connectivity index (χ0n) is 14.4. The molecular formula is C16H18N4O4S2. The van der Waals surface area contributed by atoms with E-state index in [-0.39, 0.29) is 36.0 Å². The van der Waals surface area contributed by atoms with Gasteiger partial charge in [-0.05, 0) is 25.8 Å². The van der Waals surface area contributed by atoms with Crippen LogP contribution >= 0.6 is 11.3 Å². The monoisotopic (exact) mass is 394 g/mol. The molecule has 3 rings (SSSR count). The van der Waals surface area contributed by atoms with E-state index in [4.69, 9.17) is 0 Å². The summed E-state index contributed by atoms with van der Waals surface area (Å²) in [7, 11) is -3.16. The molecule has 1 unspecified atom stereocenters. The first kappa shape index (κ1) is 18.5. The molecule has 26 heavy (non-hydrogen) atoms. The fourth-order valence-electron chi connectivity index (χ4n) is 3.01. The Balaban J connectivity index is 1.81. The molecule has 0 aromatic carbocycles. The number of thiophene rings is 1. The maximum Gasteiger partial charge on any atom is 0.272 e. The summed E-state index contributed by atoms with van der Waals surface area (Å²) in [6.45, 7) is 3.69. The number of nitriles is 1. The van der Waals surface area contributed by atoms with Crippen LogP contribution in [0.25, 0.3) is 0 Å². The number of sulfone groups is 1. The van der Waals surface area contributed by atoms with E-state index in [0.717, 1.165) is 15.4 Å². The van der Waals surface area contributed by atoms with Gasteiger partial charge in [0.15, 0.2) is 9.84 Å². The van der Waals surface area contributed by atoms with Crippen molar-refractivity contribution in [3.63, 3.8) is 0 Å². The fraction of sp³-hybridized carbons (Fsp3) is 0.500. The first-order chi connectivity index (χ1) is 12.2. The Kier molecular flexibility index (Phi) is 4.86. The molecule has 3 heterocycles. The highest BCUT2D eigenvalue weighted by Gasteiger charge is 2.37. The van der Waals surface area contributed by atoms with Gasteiger partial charge >= 0.3 is 0 Å². The minimum atomic E-state index is -3.16. The van der Waals surface area contributed by atoms with Crippen LogP contribution in [0.5, 0.6) is 0 Å². The van der Waals surface area contributed by atoms with Crippen molar-refractivity contribution in [3.05, 3.63) is 16.0 Å². The van der Waals surface area contributed by atoms with Gasteiger partial charge in [0.05, 0.1) is 23.1 Å². The van der Waals surface area contributed by atoms with Gasteiger partial charge in [0.1, 0.15) is 16.8 Å². The summed E-state index contributed by atoms with van der Waals surface area (Å²) in [6.07, 6.45) is 0.622. The quantitative estimate of drug-likeness (QED) is 0.829. The third-order valence-corrected chi connectivity index (χ3v) is 7.47. The topological polar surface area (TPSA) is 120 Å². The van der Waals surface area contributed by atoms with Crippen LogP contribution in [-0.2, 0) is 19.4 Å². The number of nitrogens with zero attached hydrogens (tertiary/aromatic N) is 3. The molecule has 2 aliphatic rings. The lowest BCUT2D eigenvalue weighted by Gasteiger charge is -2.27. The lowest BCUT2D eigenvalue weighted by molar-refractivity contribution is -0.133. The first-order valence-electron chi connectivity index (χ1n) is 8.13. The van der Waals surface area contributed by atoms with Crippen LogP contribution in [0.4, 0.5) is 5.00 Å². The van der Waals surface area contributed by atoms with E-state index < -0.39 is 21.8 Å². The predicted molar refractivity (Wildman–Crippen MR) is 97.7 cm³/mol. The van der Waals surface area contributed by atoms with Crippen LogP contribution in [0.2, 0.25) is 0 Å². The third-order valence-electron chi connectivity index (χ3n) is 4.60. The molecule has 0 aliphatic carbocycles. The number of aryl methyl sites for hydroxylation is 1. The van der Waals surface area contributed by atoms with Gasteiger partial charge in [-0.25, -0.2) is 13.4 Å². The number of carbonyl (C=O) groups excluding carboxylic acids is 2. The smallest absolute Gasteiger partial charge is 0.272 e. The Hall–Kier alpha value is -2.25. The van der Waals surface area contributed by atoms with E-state index in [9.17, 15) is 23.3 Å². The van der Waals surface area contributed by atoms with Crippen molar-refractivity contribution >= 4 is 43.7 Å². The van der Waals surface area contributed by atoms with Crippen molar-refractivity contribution in [1.82, 2.24) is 5.01 Å². The van der Waals surface area contributed by atoms with Gasteiger partial charge in [0.25, 0.3) is 5.91 Å². The number of amides is 2. The SMILES string of the molecule is Cc1sc(NC(=O)C2=NN(C3CCS(=O)(=O)C3)C(=O)CC2)c(C#N)c1C. The van der Waals surface area contributed by atoms with Gasteiger partial charge in [-0.3, -0.25) is 9.59 Å². The van der Waals surface area contributed by atoms with Crippen LogP contribution < -0.4 is 5.32 Å². The second kappa shape index (κ2) is 6.81. The number of nitrogens with one attached hydrogen (secondary N) is 1. The van der Waals surface area contributed by atoms with Crippen molar-refractivity contribution in [2.75, 3.05) is 16.8 Å². The van der Waals surface area contributed by atoms with Gasteiger partial charge in [-0.15, -0.1) is 11.3 Å².